The van der Waals surface area contributed by atoms with Crippen LogP contribution < -0.4 is 14.8 Å². The van der Waals surface area contributed by atoms with E-state index in [1.807, 2.05) is 25.1 Å². The summed E-state index contributed by atoms with van der Waals surface area (Å²) in [5, 5.41) is 2.79. The first-order chi connectivity index (χ1) is 9.47. The van der Waals surface area contributed by atoms with E-state index in [4.69, 9.17) is 9.47 Å². The third-order valence-electron chi connectivity index (χ3n) is 2.72. The quantitative estimate of drug-likeness (QED) is 0.786. The van der Waals surface area contributed by atoms with Crippen molar-refractivity contribution >= 4 is 17.7 Å². The first kappa shape index (κ1) is 16.7. The zero-order valence-electron chi connectivity index (χ0n) is 12.7. The van der Waals surface area contributed by atoms with Gasteiger partial charge >= 0.3 is 0 Å². The topological polar surface area (TPSA) is 47.6 Å². The molecule has 5 heteroatoms. The van der Waals surface area contributed by atoms with Gasteiger partial charge in [0.05, 0.1) is 19.5 Å². The largest absolute Gasteiger partial charge is 0.493 e. The second kappa shape index (κ2) is 8.04. The lowest BCUT2D eigenvalue weighted by molar-refractivity contribution is -0.120. The highest BCUT2D eigenvalue weighted by atomic mass is 32.2. The molecule has 0 bridgehead atoms. The Balaban J connectivity index is 2.65. The average molecular weight is 297 g/mol. The minimum atomic E-state index is -0.146. The normalized spacial score (nSPS) is 12.1. The number of ether oxygens (including phenoxy) is 2. The summed E-state index contributed by atoms with van der Waals surface area (Å²) in [5.41, 5.74) is 0. The van der Waals surface area contributed by atoms with Gasteiger partial charge in [0.15, 0.2) is 11.5 Å². The highest BCUT2D eigenvalue weighted by Crippen LogP contribution is 2.33. The molecule has 112 valence electrons. The van der Waals surface area contributed by atoms with Crippen LogP contribution in [0.3, 0.4) is 0 Å². The molecule has 0 aliphatic carbocycles. The van der Waals surface area contributed by atoms with Crippen molar-refractivity contribution in [2.75, 3.05) is 20.8 Å². The van der Waals surface area contributed by atoms with Gasteiger partial charge in [-0.2, -0.15) is 0 Å². The molecule has 0 radical (unpaired) electrons. The minimum Gasteiger partial charge on any atom is -0.493 e. The molecule has 0 aromatic heterocycles. The number of carbonyl (C=O) groups excluding carboxylic acids is 1. The number of carbonyl (C=O) groups is 1. The molecule has 1 N–H and O–H groups in total. The second-order valence-electron chi connectivity index (χ2n) is 4.92. The van der Waals surface area contributed by atoms with Gasteiger partial charge in [0.25, 0.3) is 0 Å². The molecule has 20 heavy (non-hydrogen) atoms. The van der Waals surface area contributed by atoms with Crippen molar-refractivity contribution in [2.45, 2.75) is 30.9 Å². The maximum atomic E-state index is 11.9. The number of rotatable bonds is 7. The van der Waals surface area contributed by atoms with Crippen LogP contribution in [0.15, 0.2) is 23.1 Å². The number of methoxy groups -OCH3 is 2. The Hall–Kier alpha value is -1.36. The fraction of sp³-hybridized carbons (Fsp3) is 0.533. The third kappa shape index (κ3) is 4.96. The minimum absolute atomic E-state index is 0.0542. The van der Waals surface area contributed by atoms with Crippen LogP contribution in [0.1, 0.15) is 20.8 Å². The van der Waals surface area contributed by atoms with Crippen LogP contribution in [0.2, 0.25) is 0 Å². The van der Waals surface area contributed by atoms with Crippen LogP contribution in [-0.2, 0) is 4.79 Å². The Morgan fingerprint density at radius 3 is 2.40 bits per heavy atom. The van der Waals surface area contributed by atoms with Crippen molar-refractivity contribution in [1.29, 1.82) is 0 Å². The number of amides is 1. The maximum Gasteiger partial charge on any atom is 0.233 e. The number of nitrogens with one attached hydrogen (secondary N) is 1. The first-order valence-corrected chi connectivity index (χ1v) is 7.52. The first-order valence-electron chi connectivity index (χ1n) is 6.64. The molecule has 0 saturated heterocycles. The van der Waals surface area contributed by atoms with Crippen LogP contribution in [0.25, 0.3) is 0 Å². The fourth-order valence-electron chi connectivity index (χ4n) is 1.60. The Morgan fingerprint density at radius 2 is 1.85 bits per heavy atom. The van der Waals surface area contributed by atoms with E-state index in [0.717, 1.165) is 4.90 Å². The maximum absolute atomic E-state index is 11.9. The zero-order valence-corrected chi connectivity index (χ0v) is 13.5. The lowest BCUT2D eigenvalue weighted by Gasteiger charge is -2.14. The summed E-state index contributed by atoms with van der Waals surface area (Å²) in [6.45, 7) is 6.76. The predicted octanol–water partition coefficient (Wildman–Crippen LogP) is 2.96. The summed E-state index contributed by atoms with van der Waals surface area (Å²) >= 11 is 1.50. The van der Waals surface area contributed by atoms with Crippen LogP contribution in [-0.4, -0.2) is 31.9 Å². The lowest BCUT2D eigenvalue weighted by atomic mass is 10.2. The van der Waals surface area contributed by atoms with Gasteiger partial charge in [-0.25, -0.2) is 0 Å². The van der Waals surface area contributed by atoms with E-state index in [1.54, 1.807) is 14.2 Å². The van der Waals surface area contributed by atoms with E-state index >= 15 is 0 Å². The van der Waals surface area contributed by atoms with Gasteiger partial charge in [0, 0.05) is 11.4 Å². The second-order valence-corrected chi connectivity index (χ2v) is 6.33. The molecule has 1 atom stereocenters. The third-order valence-corrected chi connectivity index (χ3v) is 3.82. The predicted molar refractivity (Wildman–Crippen MR) is 82.7 cm³/mol. The van der Waals surface area contributed by atoms with Crippen molar-refractivity contribution < 1.29 is 14.3 Å². The molecule has 0 unspecified atom stereocenters. The van der Waals surface area contributed by atoms with Crippen molar-refractivity contribution in [3.63, 3.8) is 0 Å². The summed E-state index contributed by atoms with van der Waals surface area (Å²) in [4.78, 5) is 12.9. The highest BCUT2D eigenvalue weighted by Gasteiger charge is 2.15. The van der Waals surface area contributed by atoms with Gasteiger partial charge in [0.1, 0.15) is 0 Å². The van der Waals surface area contributed by atoms with Crippen LogP contribution >= 0.6 is 11.8 Å². The summed E-state index contributed by atoms with van der Waals surface area (Å²) in [5.74, 6) is 1.87. The van der Waals surface area contributed by atoms with E-state index in [0.29, 0.717) is 24.0 Å². The van der Waals surface area contributed by atoms with Crippen molar-refractivity contribution in [1.82, 2.24) is 5.32 Å². The monoisotopic (exact) mass is 297 g/mol. The van der Waals surface area contributed by atoms with E-state index < -0.39 is 0 Å². The van der Waals surface area contributed by atoms with Gasteiger partial charge in [-0.15, -0.1) is 11.8 Å². The van der Waals surface area contributed by atoms with Gasteiger partial charge in [-0.3, -0.25) is 4.79 Å². The van der Waals surface area contributed by atoms with E-state index in [2.05, 4.69) is 19.2 Å². The molecular weight excluding hydrogens is 274 g/mol. The molecule has 0 aliphatic rings. The average Bonchev–Trinajstić information content (AvgIpc) is 2.44. The SMILES string of the molecule is COc1ccc(S[C@@H](C)C(=O)NCC(C)C)cc1OC. The van der Waals surface area contributed by atoms with E-state index in [-0.39, 0.29) is 11.2 Å². The van der Waals surface area contributed by atoms with Crippen molar-refractivity contribution in [3.8, 4) is 11.5 Å². The van der Waals surface area contributed by atoms with Gasteiger partial charge in [-0.05, 0) is 31.0 Å². The summed E-state index contributed by atoms with van der Waals surface area (Å²) < 4.78 is 10.5. The molecule has 1 aromatic rings. The molecule has 0 fully saturated rings. The molecule has 1 rings (SSSR count). The Labute approximate surface area is 125 Å². The van der Waals surface area contributed by atoms with Crippen molar-refractivity contribution in [2.24, 2.45) is 5.92 Å². The summed E-state index contributed by atoms with van der Waals surface area (Å²) in [6, 6.07) is 5.66. The van der Waals surface area contributed by atoms with E-state index in [1.165, 1.54) is 11.8 Å². The molecule has 1 amide bonds. The van der Waals surface area contributed by atoms with Crippen molar-refractivity contribution in [3.05, 3.63) is 18.2 Å². The molecule has 1 aromatic carbocycles. The summed E-state index contributed by atoms with van der Waals surface area (Å²) in [7, 11) is 3.21. The van der Waals surface area contributed by atoms with Crippen LogP contribution in [0.4, 0.5) is 0 Å². The molecule has 0 aliphatic heterocycles. The lowest BCUT2D eigenvalue weighted by Crippen LogP contribution is -2.33. The molecular formula is C15H23NO3S. The number of hydrogen-bond acceptors (Lipinski definition) is 4. The molecule has 0 heterocycles. The molecule has 0 spiro atoms. The molecule has 4 nitrogen and oxygen atoms in total. The highest BCUT2D eigenvalue weighted by molar-refractivity contribution is 8.00. The number of hydrogen-bond donors (Lipinski definition) is 1. The smallest absolute Gasteiger partial charge is 0.233 e. The van der Waals surface area contributed by atoms with Crippen LogP contribution in [0, 0.1) is 5.92 Å². The Bertz CT molecular complexity index is 449. The van der Waals surface area contributed by atoms with Gasteiger partial charge in [0.2, 0.25) is 5.91 Å². The fourth-order valence-corrected chi connectivity index (χ4v) is 2.52. The number of thioether (sulfide) groups is 1. The summed E-state index contributed by atoms with van der Waals surface area (Å²) in [6.07, 6.45) is 0. The zero-order chi connectivity index (χ0) is 15.1. The van der Waals surface area contributed by atoms with Gasteiger partial charge in [-0.1, -0.05) is 13.8 Å². The number of benzene rings is 1. The molecule has 0 saturated carbocycles. The van der Waals surface area contributed by atoms with E-state index in [9.17, 15) is 4.79 Å². The van der Waals surface area contributed by atoms with Crippen LogP contribution in [0.5, 0.6) is 11.5 Å². The van der Waals surface area contributed by atoms with Gasteiger partial charge < -0.3 is 14.8 Å². The Morgan fingerprint density at radius 1 is 1.20 bits per heavy atom. The standard InChI is InChI=1S/C15H23NO3S/c1-10(2)9-16-15(17)11(3)20-12-6-7-13(18-4)14(8-12)19-5/h6-8,10-11H,9H2,1-5H3,(H,16,17)/t11-/m0/s1. The Kier molecular flexibility index (Phi) is 6.71.